The molecular weight excluding hydrogens is 280 g/mol. The normalized spacial score (nSPS) is 13.4. The molecule has 0 spiro atoms. The molecule has 3 N–H and O–H groups in total. The standard InChI is InChI=1S/C14H19ClN2O3/c1-4-8(2)9(3)16-14(20)17-12-7-10(15)5-6-11(12)13(18)19/h5-9H,4H2,1-3H3,(H,18,19)(H2,16,17,20). The molecule has 0 radical (unpaired) electrons. The summed E-state index contributed by atoms with van der Waals surface area (Å²) in [6, 6.07) is 3.79. The minimum absolute atomic E-state index is 0.000688. The summed E-state index contributed by atoms with van der Waals surface area (Å²) in [6.45, 7) is 5.98. The van der Waals surface area contributed by atoms with Crippen molar-refractivity contribution in [2.75, 3.05) is 5.32 Å². The molecule has 0 aliphatic carbocycles. The quantitative estimate of drug-likeness (QED) is 0.777. The number of anilines is 1. The van der Waals surface area contributed by atoms with Crippen molar-refractivity contribution in [3.8, 4) is 0 Å². The molecule has 5 nitrogen and oxygen atoms in total. The van der Waals surface area contributed by atoms with E-state index in [1.165, 1.54) is 18.2 Å². The van der Waals surface area contributed by atoms with Crippen molar-refractivity contribution in [2.24, 2.45) is 5.92 Å². The van der Waals surface area contributed by atoms with E-state index in [4.69, 9.17) is 16.7 Å². The number of carbonyl (C=O) groups is 2. The van der Waals surface area contributed by atoms with Gasteiger partial charge in [0.25, 0.3) is 0 Å². The van der Waals surface area contributed by atoms with Crippen LogP contribution in [0.1, 0.15) is 37.6 Å². The first-order valence-corrected chi connectivity index (χ1v) is 6.83. The Hall–Kier alpha value is -1.75. The Morgan fingerprint density at radius 2 is 2.00 bits per heavy atom. The van der Waals surface area contributed by atoms with Gasteiger partial charge in [0.2, 0.25) is 0 Å². The van der Waals surface area contributed by atoms with Crippen LogP contribution in [0.15, 0.2) is 18.2 Å². The SMILES string of the molecule is CCC(C)C(C)NC(=O)Nc1cc(Cl)ccc1C(=O)O. The maximum Gasteiger partial charge on any atom is 0.337 e. The Bertz CT molecular complexity index is 505. The van der Waals surface area contributed by atoms with Gasteiger partial charge in [-0.05, 0) is 31.0 Å². The van der Waals surface area contributed by atoms with E-state index in [0.29, 0.717) is 10.9 Å². The monoisotopic (exact) mass is 298 g/mol. The van der Waals surface area contributed by atoms with Crippen molar-refractivity contribution < 1.29 is 14.7 Å². The molecule has 0 aromatic heterocycles. The fraction of sp³-hybridized carbons (Fsp3) is 0.429. The lowest BCUT2D eigenvalue weighted by atomic mass is 10.0. The van der Waals surface area contributed by atoms with Crippen LogP contribution in [0, 0.1) is 5.92 Å². The number of aromatic carboxylic acids is 1. The Morgan fingerprint density at radius 1 is 1.35 bits per heavy atom. The first kappa shape index (κ1) is 16.3. The second-order valence-electron chi connectivity index (χ2n) is 4.77. The number of carboxylic acid groups (broad SMARTS) is 1. The number of nitrogens with one attached hydrogen (secondary N) is 2. The first-order valence-electron chi connectivity index (χ1n) is 6.45. The van der Waals surface area contributed by atoms with E-state index in [9.17, 15) is 9.59 Å². The van der Waals surface area contributed by atoms with Crippen LogP contribution < -0.4 is 10.6 Å². The zero-order valence-corrected chi connectivity index (χ0v) is 12.5. The molecule has 110 valence electrons. The van der Waals surface area contributed by atoms with Gasteiger partial charge >= 0.3 is 12.0 Å². The van der Waals surface area contributed by atoms with E-state index in [2.05, 4.69) is 10.6 Å². The summed E-state index contributed by atoms with van der Waals surface area (Å²) in [7, 11) is 0. The van der Waals surface area contributed by atoms with E-state index < -0.39 is 12.0 Å². The van der Waals surface area contributed by atoms with Gasteiger partial charge in [-0.25, -0.2) is 9.59 Å². The fourth-order valence-corrected chi connectivity index (χ4v) is 1.84. The predicted molar refractivity (Wildman–Crippen MR) is 79.5 cm³/mol. The average Bonchev–Trinajstić information content (AvgIpc) is 2.37. The van der Waals surface area contributed by atoms with Gasteiger partial charge < -0.3 is 15.7 Å². The minimum Gasteiger partial charge on any atom is -0.478 e. The summed E-state index contributed by atoms with van der Waals surface area (Å²) in [5.74, 6) is -0.786. The molecule has 0 bridgehead atoms. The Labute approximate surface area is 123 Å². The van der Waals surface area contributed by atoms with Crippen LogP contribution in [0.25, 0.3) is 0 Å². The number of urea groups is 1. The number of carboxylic acids is 1. The van der Waals surface area contributed by atoms with Crippen LogP contribution in [0.3, 0.4) is 0 Å². The molecule has 20 heavy (non-hydrogen) atoms. The Kier molecular flexibility index (Phi) is 5.82. The van der Waals surface area contributed by atoms with Crippen molar-refractivity contribution in [1.29, 1.82) is 0 Å². The summed E-state index contributed by atoms with van der Waals surface area (Å²) in [5, 5.41) is 14.7. The maximum absolute atomic E-state index is 11.9. The molecular formula is C14H19ClN2O3. The molecule has 2 atom stereocenters. The second-order valence-corrected chi connectivity index (χ2v) is 5.20. The molecule has 2 amide bonds. The van der Waals surface area contributed by atoms with Crippen molar-refractivity contribution >= 4 is 29.3 Å². The lowest BCUT2D eigenvalue weighted by Crippen LogP contribution is -2.39. The summed E-state index contributed by atoms with van der Waals surface area (Å²) < 4.78 is 0. The van der Waals surface area contributed by atoms with E-state index in [1.54, 1.807) is 0 Å². The minimum atomic E-state index is -1.12. The maximum atomic E-state index is 11.9. The molecule has 2 unspecified atom stereocenters. The zero-order chi connectivity index (χ0) is 15.3. The molecule has 0 fully saturated rings. The molecule has 1 aromatic carbocycles. The van der Waals surface area contributed by atoms with E-state index >= 15 is 0 Å². The summed E-state index contributed by atoms with van der Waals surface area (Å²) in [5.41, 5.74) is 0.180. The van der Waals surface area contributed by atoms with Gasteiger partial charge in [0, 0.05) is 11.1 Å². The van der Waals surface area contributed by atoms with Crippen LogP contribution in [-0.2, 0) is 0 Å². The van der Waals surface area contributed by atoms with Crippen LogP contribution in [0.4, 0.5) is 10.5 Å². The molecule has 0 saturated heterocycles. The summed E-state index contributed by atoms with van der Waals surface area (Å²) in [6.07, 6.45) is 0.943. The largest absolute Gasteiger partial charge is 0.478 e. The van der Waals surface area contributed by atoms with Gasteiger partial charge in [-0.15, -0.1) is 0 Å². The van der Waals surface area contributed by atoms with E-state index in [0.717, 1.165) is 6.42 Å². The second kappa shape index (κ2) is 7.14. The van der Waals surface area contributed by atoms with Crippen LogP contribution >= 0.6 is 11.6 Å². The van der Waals surface area contributed by atoms with Crippen molar-refractivity contribution in [2.45, 2.75) is 33.2 Å². The van der Waals surface area contributed by atoms with Gasteiger partial charge in [0.1, 0.15) is 0 Å². The Morgan fingerprint density at radius 3 is 2.55 bits per heavy atom. The molecule has 0 aliphatic heterocycles. The summed E-state index contributed by atoms with van der Waals surface area (Å²) in [4.78, 5) is 22.9. The Balaban J connectivity index is 2.80. The van der Waals surface area contributed by atoms with Crippen molar-refractivity contribution in [3.63, 3.8) is 0 Å². The highest BCUT2D eigenvalue weighted by atomic mass is 35.5. The third-order valence-corrected chi connectivity index (χ3v) is 3.55. The van der Waals surface area contributed by atoms with Crippen molar-refractivity contribution in [1.82, 2.24) is 5.32 Å². The zero-order valence-electron chi connectivity index (χ0n) is 11.7. The molecule has 1 aromatic rings. The van der Waals surface area contributed by atoms with Gasteiger partial charge in [-0.2, -0.15) is 0 Å². The van der Waals surface area contributed by atoms with Crippen LogP contribution in [0.5, 0.6) is 0 Å². The fourth-order valence-electron chi connectivity index (χ4n) is 1.67. The number of amides is 2. The van der Waals surface area contributed by atoms with Crippen LogP contribution in [0.2, 0.25) is 5.02 Å². The van der Waals surface area contributed by atoms with E-state index in [-0.39, 0.29) is 17.3 Å². The number of benzene rings is 1. The predicted octanol–water partition coefficient (Wildman–Crippen LogP) is 3.59. The third-order valence-electron chi connectivity index (χ3n) is 3.32. The van der Waals surface area contributed by atoms with E-state index in [1.807, 2.05) is 20.8 Å². The third kappa shape index (κ3) is 4.42. The smallest absolute Gasteiger partial charge is 0.337 e. The number of halogens is 1. The van der Waals surface area contributed by atoms with Crippen molar-refractivity contribution in [3.05, 3.63) is 28.8 Å². The highest BCUT2D eigenvalue weighted by Gasteiger charge is 2.16. The molecule has 1 rings (SSSR count). The summed E-state index contributed by atoms with van der Waals surface area (Å²) >= 11 is 5.82. The number of hydrogen-bond acceptors (Lipinski definition) is 2. The molecule has 6 heteroatoms. The lowest BCUT2D eigenvalue weighted by molar-refractivity contribution is 0.0698. The first-order chi connectivity index (χ1) is 9.35. The number of rotatable bonds is 5. The van der Waals surface area contributed by atoms with Crippen LogP contribution in [-0.4, -0.2) is 23.1 Å². The lowest BCUT2D eigenvalue weighted by Gasteiger charge is -2.20. The molecule has 0 saturated carbocycles. The number of carbonyl (C=O) groups excluding carboxylic acids is 1. The molecule has 0 heterocycles. The molecule has 0 aliphatic rings. The van der Waals surface area contributed by atoms with Gasteiger partial charge in [0.15, 0.2) is 0 Å². The number of hydrogen-bond donors (Lipinski definition) is 3. The topological polar surface area (TPSA) is 78.4 Å². The highest BCUT2D eigenvalue weighted by Crippen LogP contribution is 2.21. The van der Waals surface area contributed by atoms with Gasteiger partial charge in [0.05, 0.1) is 11.3 Å². The highest BCUT2D eigenvalue weighted by molar-refractivity contribution is 6.31. The average molecular weight is 299 g/mol. The van der Waals surface area contributed by atoms with Gasteiger partial charge in [-0.1, -0.05) is 31.9 Å². The van der Waals surface area contributed by atoms with Gasteiger partial charge in [-0.3, -0.25) is 0 Å².